The van der Waals surface area contributed by atoms with E-state index in [1.807, 2.05) is 54.6 Å². The van der Waals surface area contributed by atoms with Gasteiger partial charge < -0.3 is 4.74 Å². The van der Waals surface area contributed by atoms with E-state index in [-0.39, 0.29) is 12.5 Å². The van der Waals surface area contributed by atoms with E-state index < -0.39 is 0 Å². The number of hydrogen-bond donors (Lipinski definition) is 1. The first-order valence-corrected chi connectivity index (χ1v) is 9.39. The molecule has 134 valence electrons. The average molecular weight is 367 g/mol. The summed E-state index contributed by atoms with van der Waals surface area (Å²) in [5.74, 6) is 0.879. The first kappa shape index (κ1) is 18.1. The van der Waals surface area contributed by atoms with Crippen LogP contribution in [0.3, 0.4) is 0 Å². The van der Waals surface area contributed by atoms with E-state index >= 15 is 0 Å². The fourth-order valence-corrected chi connectivity index (χ4v) is 3.27. The summed E-state index contributed by atoms with van der Waals surface area (Å²) in [6.07, 6.45) is 1.01. The predicted octanol–water partition coefficient (Wildman–Crippen LogP) is 4.74. The lowest BCUT2D eigenvalue weighted by Crippen LogP contribution is -2.20. The van der Waals surface area contributed by atoms with Gasteiger partial charge in [-0.3, -0.25) is 10.1 Å². The third kappa shape index (κ3) is 4.46. The zero-order chi connectivity index (χ0) is 18.4. The van der Waals surface area contributed by atoms with Crippen molar-refractivity contribution in [1.82, 2.24) is 10.2 Å². The van der Waals surface area contributed by atoms with Crippen molar-refractivity contribution in [2.45, 2.75) is 26.2 Å². The van der Waals surface area contributed by atoms with Crippen LogP contribution in [0.1, 0.15) is 31.7 Å². The second-order valence-corrected chi connectivity index (χ2v) is 6.94. The molecular formula is C20H21N3O2S. The Morgan fingerprint density at radius 1 is 1.12 bits per heavy atom. The SMILES string of the molecule is CCC(C)c1ccccc1OCC(=O)Nc1nnc(-c2ccccc2)s1. The molecule has 26 heavy (non-hydrogen) atoms. The molecule has 0 aliphatic heterocycles. The summed E-state index contributed by atoms with van der Waals surface area (Å²) in [6.45, 7) is 4.22. The number of anilines is 1. The number of aromatic nitrogens is 2. The van der Waals surface area contributed by atoms with E-state index in [4.69, 9.17) is 4.74 Å². The van der Waals surface area contributed by atoms with E-state index in [0.717, 1.165) is 28.3 Å². The van der Waals surface area contributed by atoms with Crippen molar-refractivity contribution < 1.29 is 9.53 Å². The van der Waals surface area contributed by atoms with Crippen LogP contribution in [-0.2, 0) is 4.79 Å². The van der Waals surface area contributed by atoms with Crippen LogP contribution in [0.25, 0.3) is 10.6 Å². The van der Waals surface area contributed by atoms with Crippen LogP contribution in [0.15, 0.2) is 54.6 Å². The number of para-hydroxylation sites is 1. The Hall–Kier alpha value is -2.73. The second-order valence-electron chi connectivity index (χ2n) is 5.96. The van der Waals surface area contributed by atoms with Gasteiger partial charge in [-0.05, 0) is 24.0 Å². The highest BCUT2D eigenvalue weighted by molar-refractivity contribution is 7.18. The Balaban J connectivity index is 1.60. The number of carbonyl (C=O) groups is 1. The molecule has 1 unspecified atom stereocenters. The van der Waals surface area contributed by atoms with Crippen molar-refractivity contribution in [3.63, 3.8) is 0 Å². The lowest BCUT2D eigenvalue weighted by atomic mass is 9.98. The van der Waals surface area contributed by atoms with Crippen LogP contribution < -0.4 is 10.1 Å². The molecule has 0 bridgehead atoms. The summed E-state index contributed by atoms with van der Waals surface area (Å²) < 4.78 is 5.73. The third-order valence-corrected chi connectivity index (χ3v) is 5.00. The highest BCUT2D eigenvalue weighted by Crippen LogP contribution is 2.29. The minimum absolute atomic E-state index is 0.0618. The van der Waals surface area contributed by atoms with Gasteiger partial charge in [-0.15, -0.1) is 10.2 Å². The number of carbonyl (C=O) groups excluding carboxylic acids is 1. The smallest absolute Gasteiger partial charge is 0.264 e. The summed E-state index contributed by atoms with van der Waals surface area (Å²) in [5.41, 5.74) is 2.09. The molecule has 1 atom stereocenters. The van der Waals surface area contributed by atoms with Crippen molar-refractivity contribution in [2.75, 3.05) is 11.9 Å². The number of ether oxygens (including phenoxy) is 1. The van der Waals surface area contributed by atoms with Crippen LogP contribution in [-0.4, -0.2) is 22.7 Å². The van der Waals surface area contributed by atoms with Gasteiger partial charge >= 0.3 is 0 Å². The molecule has 3 rings (SSSR count). The van der Waals surface area contributed by atoms with Crippen molar-refractivity contribution >= 4 is 22.4 Å². The minimum atomic E-state index is -0.250. The molecule has 3 aromatic rings. The lowest BCUT2D eigenvalue weighted by Gasteiger charge is -2.15. The highest BCUT2D eigenvalue weighted by atomic mass is 32.1. The maximum atomic E-state index is 12.2. The van der Waals surface area contributed by atoms with Gasteiger partial charge in [-0.2, -0.15) is 0 Å². The van der Waals surface area contributed by atoms with Gasteiger partial charge in [-0.1, -0.05) is 73.7 Å². The summed E-state index contributed by atoms with van der Waals surface area (Å²) in [4.78, 5) is 12.2. The molecule has 0 aliphatic carbocycles. The number of benzene rings is 2. The molecule has 0 fully saturated rings. The summed E-state index contributed by atoms with van der Waals surface area (Å²) in [5, 5.41) is 12.1. The van der Waals surface area contributed by atoms with E-state index in [1.54, 1.807) is 0 Å². The molecule has 0 spiro atoms. The Morgan fingerprint density at radius 2 is 1.85 bits per heavy atom. The first-order valence-electron chi connectivity index (χ1n) is 8.58. The van der Waals surface area contributed by atoms with Crippen molar-refractivity contribution in [3.8, 4) is 16.3 Å². The van der Waals surface area contributed by atoms with Gasteiger partial charge in [0, 0.05) is 5.56 Å². The van der Waals surface area contributed by atoms with Crippen molar-refractivity contribution in [2.24, 2.45) is 0 Å². The van der Waals surface area contributed by atoms with E-state index in [1.165, 1.54) is 11.3 Å². The van der Waals surface area contributed by atoms with E-state index in [0.29, 0.717) is 11.0 Å². The average Bonchev–Trinajstić information content (AvgIpc) is 3.15. The zero-order valence-corrected chi connectivity index (χ0v) is 15.6. The fourth-order valence-electron chi connectivity index (χ4n) is 2.51. The highest BCUT2D eigenvalue weighted by Gasteiger charge is 2.13. The third-order valence-electron chi connectivity index (χ3n) is 4.11. The van der Waals surface area contributed by atoms with Gasteiger partial charge in [0.1, 0.15) is 10.8 Å². The minimum Gasteiger partial charge on any atom is -0.483 e. The normalized spacial score (nSPS) is 11.8. The number of hydrogen-bond acceptors (Lipinski definition) is 5. The number of amides is 1. The molecule has 2 aromatic carbocycles. The largest absolute Gasteiger partial charge is 0.483 e. The molecule has 0 saturated carbocycles. The Bertz CT molecular complexity index is 864. The quantitative estimate of drug-likeness (QED) is 0.655. The lowest BCUT2D eigenvalue weighted by molar-refractivity contribution is -0.118. The fraction of sp³-hybridized carbons (Fsp3) is 0.250. The summed E-state index contributed by atoms with van der Waals surface area (Å²) >= 11 is 1.34. The van der Waals surface area contributed by atoms with Crippen LogP contribution in [0.4, 0.5) is 5.13 Å². The van der Waals surface area contributed by atoms with E-state index in [2.05, 4.69) is 29.4 Å². The van der Waals surface area contributed by atoms with Gasteiger partial charge in [0.15, 0.2) is 6.61 Å². The monoisotopic (exact) mass is 367 g/mol. The molecule has 1 N–H and O–H groups in total. The van der Waals surface area contributed by atoms with Crippen molar-refractivity contribution in [1.29, 1.82) is 0 Å². The second kappa shape index (κ2) is 8.58. The molecule has 1 aromatic heterocycles. The summed E-state index contributed by atoms with van der Waals surface area (Å²) in [7, 11) is 0. The van der Waals surface area contributed by atoms with Gasteiger partial charge in [0.25, 0.3) is 5.91 Å². The Kier molecular flexibility index (Phi) is 5.96. The molecule has 6 heteroatoms. The maximum Gasteiger partial charge on any atom is 0.264 e. The predicted molar refractivity (Wildman–Crippen MR) is 105 cm³/mol. The van der Waals surface area contributed by atoms with Crippen LogP contribution in [0.2, 0.25) is 0 Å². The standard InChI is InChI=1S/C20H21N3O2S/c1-3-14(2)16-11-7-8-12-17(16)25-13-18(24)21-20-23-22-19(26-20)15-9-5-4-6-10-15/h4-12,14H,3,13H2,1-2H3,(H,21,23,24). The number of nitrogens with one attached hydrogen (secondary N) is 1. The first-order chi connectivity index (χ1) is 12.7. The Morgan fingerprint density at radius 3 is 2.62 bits per heavy atom. The molecule has 0 saturated heterocycles. The molecule has 0 aliphatic rings. The molecular weight excluding hydrogens is 346 g/mol. The maximum absolute atomic E-state index is 12.2. The zero-order valence-electron chi connectivity index (χ0n) is 14.8. The van der Waals surface area contributed by atoms with Crippen LogP contribution in [0, 0.1) is 0 Å². The molecule has 5 nitrogen and oxygen atoms in total. The van der Waals surface area contributed by atoms with Gasteiger partial charge in [0.2, 0.25) is 5.13 Å². The summed E-state index contributed by atoms with van der Waals surface area (Å²) in [6, 6.07) is 17.6. The van der Waals surface area contributed by atoms with Gasteiger partial charge in [0.05, 0.1) is 0 Å². The topological polar surface area (TPSA) is 64.1 Å². The number of nitrogens with zero attached hydrogens (tertiary/aromatic N) is 2. The van der Waals surface area contributed by atoms with E-state index in [9.17, 15) is 4.79 Å². The van der Waals surface area contributed by atoms with Crippen molar-refractivity contribution in [3.05, 3.63) is 60.2 Å². The van der Waals surface area contributed by atoms with Crippen LogP contribution in [0.5, 0.6) is 5.75 Å². The molecule has 0 radical (unpaired) electrons. The molecule has 1 amide bonds. The number of rotatable bonds is 7. The molecule has 1 heterocycles. The Labute approximate surface area is 157 Å². The van der Waals surface area contributed by atoms with Crippen LogP contribution >= 0.6 is 11.3 Å². The van der Waals surface area contributed by atoms with Gasteiger partial charge in [-0.25, -0.2) is 0 Å².